The van der Waals surface area contributed by atoms with E-state index in [-0.39, 0.29) is 18.6 Å². The zero-order valence-corrected chi connectivity index (χ0v) is 11.0. The van der Waals surface area contributed by atoms with Gasteiger partial charge in [0, 0.05) is 19.3 Å². The average Bonchev–Trinajstić information content (AvgIpc) is 2.35. The van der Waals surface area contributed by atoms with E-state index >= 15 is 0 Å². The Bertz CT molecular complexity index is 448. The summed E-state index contributed by atoms with van der Waals surface area (Å²) in [5.74, 6) is -0.907. The Morgan fingerprint density at radius 3 is 2.79 bits per heavy atom. The van der Waals surface area contributed by atoms with E-state index in [4.69, 9.17) is 9.84 Å². The van der Waals surface area contributed by atoms with Crippen LogP contribution in [0.3, 0.4) is 0 Å². The highest BCUT2D eigenvalue weighted by molar-refractivity contribution is 5.89. The standard InChI is InChI=1S/C13H18N2O4/c1-9(19-2)8-14-13(18)15-11-5-3-4-10(6-11)7-12(16)17/h3-6,9H,7-8H2,1-2H3,(H,16,17)(H2,14,15,18). The van der Waals surface area contributed by atoms with Crippen LogP contribution in [0.4, 0.5) is 10.5 Å². The van der Waals surface area contributed by atoms with Crippen molar-refractivity contribution in [2.24, 2.45) is 0 Å². The SMILES string of the molecule is COC(C)CNC(=O)Nc1cccc(CC(=O)O)c1. The summed E-state index contributed by atoms with van der Waals surface area (Å²) in [6.07, 6.45) is -0.137. The number of methoxy groups -OCH3 is 1. The van der Waals surface area contributed by atoms with E-state index in [1.165, 1.54) is 0 Å². The summed E-state index contributed by atoms with van der Waals surface area (Å²) < 4.78 is 5.01. The van der Waals surface area contributed by atoms with Crippen molar-refractivity contribution in [3.63, 3.8) is 0 Å². The van der Waals surface area contributed by atoms with Gasteiger partial charge in [-0.2, -0.15) is 0 Å². The van der Waals surface area contributed by atoms with Crippen LogP contribution >= 0.6 is 0 Å². The number of hydrogen-bond acceptors (Lipinski definition) is 3. The van der Waals surface area contributed by atoms with Crippen LogP contribution in [-0.4, -0.2) is 36.9 Å². The zero-order valence-electron chi connectivity index (χ0n) is 11.0. The van der Waals surface area contributed by atoms with E-state index in [0.29, 0.717) is 17.8 Å². The van der Waals surface area contributed by atoms with Gasteiger partial charge in [-0.1, -0.05) is 12.1 Å². The summed E-state index contributed by atoms with van der Waals surface area (Å²) in [7, 11) is 1.57. The lowest BCUT2D eigenvalue weighted by molar-refractivity contribution is -0.136. The van der Waals surface area contributed by atoms with Crippen LogP contribution in [-0.2, 0) is 16.0 Å². The number of carbonyl (C=O) groups excluding carboxylic acids is 1. The van der Waals surface area contributed by atoms with E-state index in [1.54, 1.807) is 31.4 Å². The molecule has 1 rings (SSSR count). The Labute approximate surface area is 111 Å². The third kappa shape index (κ3) is 5.87. The minimum atomic E-state index is -0.907. The Balaban J connectivity index is 2.52. The van der Waals surface area contributed by atoms with Crippen LogP contribution < -0.4 is 10.6 Å². The van der Waals surface area contributed by atoms with Gasteiger partial charge in [-0.05, 0) is 24.6 Å². The van der Waals surface area contributed by atoms with Gasteiger partial charge < -0.3 is 20.5 Å². The fraction of sp³-hybridized carbons (Fsp3) is 0.385. The second-order valence-electron chi connectivity index (χ2n) is 4.15. The fourth-order valence-electron chi connectivity index (χ4n) is 1.43. The van der Waals surface area contributed by atoms with E-state index < -0.39 is 5.97 Å². The second kappa shape index (κ2) is 7.38. The van der Waals surface area contributed by atoms with Crippen LogP contribution in [0.5, 0.6) is 0 Å². The van der Waals surface area contributed by atoms with Gasteiger partial charge in [-0.25, -0.2) is 4.79 Å². The van der Waals surface area contributed by atoms with Crippen LogP contribution in [0.25, 0.3) is 0 Å². The van der Waals surface area contributed by atoms with Gasteiger partial charge in [0.1, 0.15) is 0 Å². The van der Waals surface area contributed by atoms with E-state index in [1.807, 2.05) is 6.92 Å². The maximum Gasteiger partial charge on any atom is 0.319 e. The molecule has 3 N–H and O–H groups in total. The maximum absolute atomic E-state index is 11.6. The number of rotatable bonds is 6. The molecule has 19 heavy (non-hydrogen) atoms. The molecule has 0 fully saturated rings. The fourth-order valence-corrected chi connectivity index (χ4v) is 1.43. The van der Waals surface area contributed by atoms with Gasteiger partial charge in [0.25, 0.3) is 0 Å². The molecule has 104 valence electrons. The number of carboxylic acids is 1. The molecule has 6 heteroatoms. The Morgan fingerprint density at radius 2 is 2.16 bits per heavy atom. The van der Waals surface area contributed by atoms with Crippen molar-refractivity contribution in [3.05, 3.63) is 29.8 Å². The molecule has 0 bridgehead atoms. The number of ether oxygens (including phenoxy) is 1. The molecule has 1 aromatic rings. The van der Waals surface area contributed by atoms with Gasteiger partial charge in [0.15, 0.2) is 0 Å². The molecule has 0 aliphatic rings. The number of urea groups is 1. The third-order valence-corrected chi connectivity index (χ3v) is 2.49. The molecule has 0 saturated heterocycles. The van der Waals surface area contributed by atoms with Crippen molar-refractivity contribution in [1.82, 2.24) is 5.32 Å². The van der Waals surface area contributed by atoms with Gasteiger partial charge in [-0.3, -0.25) is 4.79 Å². The molecule has 6 nitrogen and oxygen atoms in total. The van der Waals surface area contributed by atoms with Crippen LogP contribution in [0.2, 0.25) is 0 Å². The van der Waals surface area contributed by atoms with Crippen LogP contribution in [0.1, 0.15) is 12.5 Å². The summed E-state index contributed by atoms with van der Waals surface area (Å²) in [6, 6.07) is 6.38. The Kier molecular flexibility index (Phi) is 5.81. The lowest BCUT2D eigenvalue weighted by Gasteiger charge is -2.12. The second-order valence-corrected chi connectivity index (χ2v) is 4.15. The summed E-state index contributed by atoms with van der Waals surface area (Å²) in [4.78, 5) is 22.2. The molecular weight excluding hydrogens is 248 g/mol. The molecular formula is C13H18N2O4. The average molecular weight is 266 g/mol. The number of carboxylic acid groups (broad SMARTS) is 1. The highest BCUT2D eigenvalue weighted by Crippen LogP contribution is 2.11. The van der Waals surface area contributed by atoms with Gasteiger partial charge in [0.05, 0.1) is 12.5 Å². The molecule has 0 aromatic heterocycles. The van der Waals surface area contributed by atoms with Crippen LogP contribution in [0.15, 0.2) is 24.3 Å². The number of amides is 2. The minimum Gasteiger partial charge on any atom is -0.481 e. The Hall–Kier alpha value is -2.08. The predicted molar refractivity (Wildman–Crippen MR) is 71.3 cm³/mol. The topological polar surface area (TPSA) is 87.7 Å². The van der Waals surface area contributed by atoms with Crippen molar-refractivity contribution < 1.29 is 19.4 Å². The molecule has 1 unspecified atom stereocenters. The monoisotopic (exact) mass is 266 g/mol. The van der Waals surface area contributed by atoms with E-state index in [0.717, 1.165) is 0 Å². The number of hydrogen-bond donors (Lipinski definition) is 3. The first kappa shape index (κ1) is 15.0. The van der Waals surface area contributed by atoms with E-state index in [2.05, 4.69) is 10.6 Å². The number of aliphatic carboxylic acids is 1. The van der Waals surface area contributed by atoms with Gasteiger partial charge in [-0.15, -0.1) is 0 Å². The summed E-state index contributed by atoms with van der Waals surface area (Å²) >= 11 is 0. The van der Waals surface area contributed by atoms with E-state index in [9.17, 15) is 9.59 Å². The van der Waals surface area contributed by atoms with Crippen molar-refractivity contribution in [1.29, 1.82) is 0 Å². The number of benzene rings is 1. The first-order valence-corrected chi connectivity index (χ1v) is 5.89. The van der Waals surface area contributed by atoms with Crippen molar-refractivity contribution in [2.75, 3.05) is 19.0 Å². The molecule has 0 aliphatic heterocycles. The molecule has 1 atom stereocenters. The molecule has 0 radical (unpaired) electrons. The smallest absolute Gasteiger partial charge is 0.319 e. The van der Waals surface area contributed by atoms with Gasteiger partial charge in [0.2, 0.25) is 0 Å². The highest BCUT2D eigenvalue weighted by atomic mass is 16.5. The first-order valence-electron chi connectivity index (χ1n) is 5.89. The van der Waals surface area contributed by atoms with Crippen molar-refractivity contribution >= 4 is 17.7 Å². The maximum atomic E-state index is 11.6. The lowest BCUT2D eigenvalue weighted by Crippen LogP contribution is -2.34. The first-order chi connectivity index (χ1) is 9.01. The summed E-state index contributed by atoms with van der Waals surface area (Å²) in [5.41, 5.74) is 1.19. The van der Waals surface area contributed by atoms with Crippen LogP contribution in [0, 0.1) is 0 Å². The number of nitrogens with one attached hydrogen (secondary N) is 2. The van der Waals surface area contributed by atoms with Gasteiger partial charge >= 0.3 is 12.0 Å². The third-order valence-electron chi connectivity index (χ3n) is 2.49. The van der Waals surface area contributed by atoms with Crippen molar-refractivity contribution in [2.45, 2.75) is 19.4 Å². The van der Waals surface area contributed by atoms with Crippen molar-refractivity contribution in [3.8, 4) is 0 Å². The Morgan fingerprint density at radius 1 is 1.42 bits per heavy atom. The molecule has 1 aromatic carbocycles. The minimum absolute atomic E-state index is 0.0657. The predicted octanol–water partition coefficient (Wildman–Crippen LogP) is 1.47. The zero-order chi connectivity index (χ0) is 14.3. The molecule has 0 aliphatic carbocycles. The normalized spacial score (nSPS) is 11.7. The molecule has 0 heterocycles. The highest BCUT2D eigenvalue weighted by Gasteiger charge is 2.06. The lowest BCUT2D eigenvalue weighted by atomic mass is 10.1. The summed E-state index contributed by atoms with van der Waals surface area (Å²) in [6.45, 7) is 2.24. The largest absolute Gasteiger partial charge is 0.481 e. The summed E-state index contributed by atoms with van der Waals surface area (Å²) in [5, 5.41) is 14.0. The molecule has 0 saturated carbocycles. The quantitative estimate of drug-likeness (QED) is 0.727. The number of anilines is 1. The molecule has 2 amide bonds. The number of carbonyl (C=O) groups is 2. The molecule has 0 spiro atoms.